The Morgan fingerprint density at radius 3 is 1.67 bits per heavy atom. The van der Waals surface area contributed by atoms with Gasteiger partial charge in [0.1, 0.15) is 0 Å². The van der Waals surface area contributed by atoms with Crippen LogP contribution in [0.15, 0.2) is 18.2 Å². The molecule has 0 amide bonds. The molecule has 2 radical (unpaired) electrons. The maximum atomic E-state index is 3.15. The first kappa shape index (κ1) is 15.9. The Hall–Kier alpha value is 1.43. The van der Waals surface area contributed by atoms with Crippen molar-refractivity contribution in [1.29, 1.82) is 0 Å². The zero-order chi connectivity index (χ0) is 7.61. The molecule has 0 aromatic heterocycles. The van der Waals surface area contributed by atoms with Crippen LogP contribution in [0.4, 0.5) is 0 Å². The summed E-state index contributed by atoms with van der Waals surface area (Å²) in [7, 11) is 0. The molecule has 0 saturated carbocycles. The summed E-state index contributed by atoms with van der Waals surface area (Å²) in [5.41, 5.74) is 1.33. The maximum absolute atomic E-state index is 3.15. The van der Waals surface area contributed by atoms with E-state index in [2.05, 4.69) is 32.9 Å². The molecule has 0 aliphatic carbocycles. The van der Waals surface area contributed by atoms with E-state index in [9.17, 15) is 0 Å². The molecule has 0 spiro atoms. The second kappa shape index (κ2) is 6.82. The second-order valence-corrected chi connectivity index (χ2v) is 3.44. The van der Waals surface area contributed by atoms with Gasteiger partial charge in [-0.15, -0.1) is 0 Å². The van der Waals surface area contributed by atoms with Crippen molar-refractivity contribution in [2.75, 3.05) is 0 Å². The average Bonchev–Trinajstić information content (AvgIpc) is 1.88. The Balaban J connectivity index is 0. The summed E-state index contributed by atoms with van der Waals surface area (Å²) < 4.78 is 0. The van der Waals surface area contributed by atoms with Gasteiger partial charge in [0.15, 0.2) is 0 Å². The summed E-state index contributed by atoms with van der Waals surface area (Å²) in [6.07, 6.45) is 0. The number of benzene rings is 1. The molecule has 12 heavy (non-hydrogen) atoms. The van der Waals surface area contributed by atoms with E-state index in [0.29, 0.717) is 0 Å². The smallest absolute Gasteiger partial charge is 0 e. The summed E-state index contributed by atoms with van der Waals surface area (Å²) in [5.74, 6) is 0. The van der Waals surface area contributed by atoms with E-state index in [1.807, 2.05) is 18.2 Å². The van der Waals surface area contributed by atoms with Gasteiger partial charge in [-0.1, -0.05) is 26.2 Å². The first-order valence-electron chi connectivity index (χ1n) is 3.49. The minimum Gasteiger partial charge on any atom is -0.355 e. The molecule has 0 bridgehead atoms. The Morgan fingerprint density at radius 2 is 1.42 bits per heavy atom. The van der Waals surface area contributed by atoms with Gasteiger partial charge in [-0.2, -0.15) is 0 Å². The van der Waals surface area contributed by atoms with E-state index in [0.717, 1.165) is 5.56 Å². The monoisotopic (exact) mass is 310 g/mol. The maximum Gasteiger partial charge on any atom is 0 e. The van der Waals surface area contributed by atoms with Crippen LogP contribution in [0, 0.1) is 12.1 Å². The zero-order valence-electron chi connectivity index (χ0n) is 7.89. The van der Waals surface area contributed by atoms with Gasteiger partial charge < -0.3 is 12.1 Å². The Morgan fingerprint density at radius 1 is 1.00 bits per heavy atom. The van der Waals surface area contributed by atoms with Crippen LogP contribution >= 0.6 is 0 Å². The van der Waals surface area contributed by atoms with Crippen LogP contribution in [0.3, 0.4) is 0 Å². The van der Waals surface area contributed by atoms with Gasteiger partial charge in [0.05, 0.1) is 0 Å². The molecule has 0 aliphatic rings. The summed E-state index contributed by atoms with van der Waals surface area (Å²) in [5, 5.41) is 0. The molecule has 2 heteroatoms. The molecule has 0 heterocycles. The predicted molar refractivity (Wildman–Crippen MR) is 42.8 cm³/mol. The van der Waals surface area contributed by atoms with Crippen LogP contribution in [0.2, 0.25) is 0 Å². The van der Waals surface area contributed by atoms with Gasteiger partial charge in [0.25, 0.3) is 0 Å². The van der Waals surface area contributed by atoms with Crippen molar-refractivity contribution in [3.8, 4) is 0 Å². The van der Waals surface area contributed by atoms with Crippen molar-refractivity contribution >= 4 is 0 Å². The molecular formula is C10H12Y2-2. The normalized spacial score (nSPS) is 9.58. The molecule has 1 aromatic rings. The van der Waals surface area contributed by atoms with Crippen LogP contribution in [0.5, 0.6) is 0 Å². The van der Waals surface area contributed by atoms with Crippen LogP contribution in [0.25, 0.3) is 0 Å². The molecule has 0 aliphatic heterocycles. The molecule has 1 rings (SSSR count). The van der Waals surface area contributed by atoms with Crippen molar-refractivity contribution in [1.82, 2.24) is 0 Å². The van der Waals surface area contributed by atoms with Gasteiger partial charge in [0.2, 0.25) is 0 Å². The van der Waals surface area contributed by atoms with Crippen LogP contribution in [-0.4, -0.2) is 0 Å². The topological polar surface area (TPSA) is 0 Å². The molecule has 0 N–H and O–H groups in total. The molecule has 0 unspecified atom stereocenters. The number of hydrogen-bond donors (Lipinski definition) is 0. The van der Waals surface area contributed by atoms with E-state index in [4.69, 9.17) is 0 Å². The van der Waals surface area contributed by atoms with E-state index in [-0.39, 0.29) is 70.8 Å². The fourth-order valence-electron chi connectivity index (χ4n) is 0.786. The summed E-state index contributed by atoms with van der Waals surface area (Å²) in [6.45, 7) is 6.49. The largest absolute Gasteiger partial charge is 0.355 e. The third-order valence-electron chi connectivity index (χ3n) is 1.40. The van der Waals surface area contributed by atoms with Crippen LogP contribution < -0.4 is 0 Å². The third-order valence-corrected chi connectivity index (χ3v) is 1.40. The predicted octanol–water partition coefficient (Wildman–Crippen LogP) is 2.58. The Bertz CT molecular complexity index is 199. The first-order valence-corrected chi connectivity index (χ1v) is 3.49. The quantitative estimate of drug-likeness (QED) is 0.646. The van der Waals surface area contributed by atoms with Crippen molar-refractivity contribution in [2.24, 2.45) is 0 Å². The molecule has 0 nitrogen and oxygen atoms in total. The minimum atomic E-state index is 0. The molecule has 1 aromatic carbocycles. The number of rotatable bonds is 0. The van der Waals surface area contributed by atoms with Gasteiger partial charge in [-0.3, -0.25) is 23.8 Å². The van der Waals surface area contributed by atoms with Crippen LogP contribution in [-0.2, 0) is 70.8 Å². The summed E-state index contributed by atoms with van der Waals surface area (Å²) >= 11 is 0. The molecule has 0 fully saturated rings. The SMILES string of the molecule is CC(C)(C)c1[c-]ccc[c-]1.[Y].[Y]. The van der Waals surface area contributed by atoms with Gasteiger partial charge in [0, 0.05) is 65.4 Å². The van der Waals surface area contributed by atoms with E-state index >= 15 is 0 Å². The first-order chi connectivity index (χ1) is 4.61. The third kappa shape index (κ3) is 5.22. The molecule has 0 saturated heterocycles. The fraction of sp³-hybridized carbons (Fsp3) is 0.400. The van der Waals surface area contributed by atoms with Crippen LogP contribution in [0.1, 0.15) is 26.3 Å². The van der Waals surface area contributed by atoms with E-state index in [1.165, 1.54) is 0 Å². The summed E-state index contributed by atoms with van der Waals surface area (Å²) in [6, 6.07) is 12.1. The van der Waals surface area contributed by atoms with Crippen molar-refractivity contribution in [3.05, 3.63) is 35.9 Å². The molecule has 0 atom stereocenters. The fourth-order valence-corrected chi connectivity index (χ4v) is 0.786. The van der Waals surface area contributed by atoms with E-state index < -0.39 is 0 Å². The van der Waals surface area contributed by atoms with Gasteiger partial charge in [-0.25, -0.2) is 0 Å². The van der Waals surface area contributed by atoms with Gasteiger partial charge >= 0.3 is 0 Å². The number of hydrogen-bond acceptors (Lipinski definition) is 0. The van der Waals surface area contributed by atoms with Crippen molar-refractivity contribution < 1.29 is 65.4 Å². The van der Waals surface area contributed by atoms with Crippen molar-refractivity contribution in [2.45, 2.75) is 26.2 Å². The standard InChI is InChI=1S/C10H12.2Y/c1-10(2,3)9-7-5-4-6-8-9;;/h4-6H,1-3H3;;/q-2;;. The van der Waals surface area contributed by atoms with E-state index in [1.54, 1.807) is 0 Å². The minimum absolute atomic E-state index is 0. The Labute approximate surface area is 126 Å². The molecule has 60 valence electrons. The van der Waals surface area contributed by atoms with Crippen molar-refractivity contribution in [3.63, 3.8) is 0 Å². The average molecular weight is 310 g/mol. The second-order valence-electron chi connectivity index (χ2n) is 3.44. The zero-order valence-corrected chi connectivity index (χ0v) is 13.6. The summed E-state index contributed by atoms with van der Waals surface area (Å²) in [4.78, 5) is 0. The molecular weight excluding hydrogens is 298 g/mol. The van der Waals surface area contributed by atoms with Gasteiger partial charge in [-0.05, 0) is 0 Å². The Kier molecular flexibility index (Phi) is 9.02.